The lowest BCUT2D eigenvalue weighted by Crippen LogP contribution is -2.41. The zero-order valence-corrected chi connectivity index (χ0v) is 12.2. The summed E-state index contributed by atoms with van der Waals surface area (Å²) in [5, 5.41) is 14.2. The Balaban J connectivity index is 3.35. The van der Waals surface area contributed by atoms with Gasteiger partial charge in [-0.3, -0.25) is 4.79 Å². The van der Waals surface area contributed by atoms with Crippen LogP contribution in [0.5, 0.6) is 0 Å². The van der Waals surface area contributed by atoms with Crippen molar-refractivity contribution >= 4 is 12.0 Å². The van der Waals surface area contributed by atoms with E-state index in [-0.39, 0.29) is 18.5 Å². The number of urea groups is 1. The average molecular weight is 272 g/mol. The van der Waals surface area contributed by atoms with Gasteiger partial charge in [0.15, 0.2) is 0 Å². The van der Waals surface area contributed by atoms with Gasteiger partial charge in [-0.1, -0.05) is 32.6 Å². The standard InChI is InChI=1S/C14H28N2O3/c1-3-4-9-12(2)16-14(19)15-11-8-6-5-7-10-13(17)18/h12H,3-11H2,1-2H3,(H,17,18)(H2,15,16,19). The van der Waals surface area contributed by atoms with Gasteiger partial charge in [0, 0.05) is 19.0 Å². The minimum atomic E-state index is -0.737. The highest BCUT2D eigenvalue weighted by molar-refractivity contribution is 5.74. The number of unbranched alkanes of at least 4 members (excludes halogenated alkanes) is 4. The Kier molecular flexibility index (Phi) is 11.0. The molecule has 0 fully saturated rings. The summed E-state index contributed by atoms with van der Waals surface area (Å²) in [6.45, 7) is 4.80. The van der Waals surface area contributed by atoms with Crippen LogP contribution in [0.3, 0.4) is 0 Å². The predicted octanol–water partition coefficient (Wildman–Crippen LogP) is 2.90. The van der Waals surface area contributed by atoms with Crippen molar-refractivity contribution in [2.45, 2.75) is 71.3 Å². The van der Waals surface area contributed by atoms with Crippen LogP contribution in [-0.2, 0) is 4.79 Å². The molecule has 0 saturated carbocycles. The van der Waals surface area contributed by atoms with Crippen molar-refractivity contribution in [3.63, 3.8) is 0 Å². The first-order chi connectivity index (χ1) is 9.06. The zero-order valence-electron chi connectivity index (χ0n) is 12.2. The molecule has 0 saturated heterocycles. The van der Waals surface area contributed by atoms with E-state index in [0.29, 0.717) is 6.54 Å². The highest BCUT2D eigenvalue weighted by Gasteiger charge is 2.05. The molecule has 1 unspecified atom stereocenters. The second-order valence-corrected chi connectivity index (χ2v) is 5.00. The molecular formula is C14H28N2O3. The Morgan fingerprint density at radius 1 is 1.11 bits per heavy atom. The van der Waals surface area contributed by atoms with Crippen LogP contribution in [0.4, 0.5) is 4.79 Å². The molecule has 112 valence electrons. The lowest BCUT2D eigenvalue weighted by molar-refractivity contribution is -0.137. The summed E-state index contributed by atoms with van der Waals surface area (Å²) in [6, 6.07) is 0.115. The second-order valence-electron chi connectivity index (χ2n) is 5.00. The van der Waals surface area contributed by atoms with Crippen LogP contribution in [0.25, 0.3) is 0 Å². The Morgan fingerprint density at radius 3 is 2.42 bits per heavy atom. The van der Waals surface area contributed by atoms with Gasteiger partial charge in [-0.05, 0) is 26.2 Å². The number of aliphatic carboxylic acids is 1. The second kappa shape index (κ2) is 11.8. The molecule has 1 atom stereocenters. The number of hydrogen-bond donors (Lipinski definition) is 3. The first kappa shape index (κ1) is 17.7. The summed E-state index contributed by atoms with van der Waals surface area (Å²) in [5.74, 6) is -0.737. The van der Waals surface area contributed by atoms with Gasteiger partial charge in [0.1, 0.15) is 0 Å². The van der Waals surface area contributed by atoms with E-state index in [1.165, 1.54) is 0 Å². The lowest BCUT2D eigenvalue weighted by Gasteiger charge is -2.14. The molecule has 0 aliphatic carbocycles. The Labute approximate surface area is 116 Å². The van der Waals surface area contributed by atoms with E-state index in [9.17, 15) is 9.59 Å². The van der Waals surface area contributed by atoms with Crippen LogP contribution in [-0.4, -0.2) is 29.7 Å². The summed E-state index contributed by atoms with van der Waals surface area (Å²) in [6.07, 6.45) is 7.00. The lowest BCUT2D eigenvalue weighted by atomic mass is 10.1. The Hall–Kier alpha value is -1.26. The minimum Gasteiger partial charge on any atom is -0.481 e. The van der Waals surface area contributed by atoms with E-state index >= 15 is 0 Å². The first-order valence-electron chi connectivity index (χ1n) is 7.32. The highest BCUT2D eigenvalue weighted by atomic mass is 16.4. The highest BCUT2D eigenvalue weighted by Crippen LogP contribution is 2.02. The number of carboxylic acid groups (broad SMARTS) is 1. The fourth-order valence-electron chi connectivity index (χ4n) is 1.81. The van der Waals surface area contributed by atoms with Crippen molar-refractivity contribution in [1.82, 2.24) is 10.6 Å². The molecule has 0 heterocycles. The molecule has 0 aromatic rings. The summed E-state index contributed by atoms with van der Waals surface area (Å²) >= 11 is 0. The van der Waals surface area contributed by atoms with Gasteiger partial charge in [0.25, 0.3) is 0 Å². The van der Waals surface area contributed by atoms with E-state index in [1.807, 2.05) is 6.92 Å². The third-order valence-corrected chi connectivity index (χ3v) is 2.97. The predicted molar refractivity (Wildman–Crippen MR) is 76.2 cm³/mol. The van der Waals surface area contributed by atoms with Crippen LogP contribution < -0.4 is 10.6 Å². The Morgan fingerprint density at radius 2 is 1.79 bits per heavy atom. The molecule has 2 amide bonds. The fraction of sp³-hybridized carbons (Fsp3) is 0.857. The summed E-state index contributed by atoms with van der Waals surface area (Å²) in [4.78, 5) is 21.8. The van der Waals surface area contributed by atoms with Crippen LogP contribution >= 0.6 is 0 Å². The third-order valence-electron chi connectivity index (χ3n) is 2.97. The van der Waals surface area contributed by atoms with Gasteiger partial charge < -0.3 is 15.7 Å². The van der Waals surface area contributed by atoms with Crippen molar-refractivity contribution < 1.29 is 14.7 Å². The molecule has 0 radical (unpaired) electrons. The van der Waals surface area contributed by atoms with Gasteiger partial charge in [-0.25, -0.2) is 4.79 Å². The van der Waals surface area contributed by atoms with Gasteiger partial charge >= 0.3 is 12.0 Å². The van der Waals surface area contributed by atoms with E-state index < -0.39 is 5.97 Å². The summed E-state index contributed by atoms with van der Waals surface area (Å²) < 4.78 is 0. The molecule has 5 nitrogen and oxygen atoms in total. The van der Waals surface area contributed by atoms with Crippen LogP contribution in [0.2, 0.25) is 0 Å². The number of rotatable bonds is 11. The molecule has 5 heteroatoms. The van der Waals surface area contributed by atoms with Crippen LogP contribution in [0, 0.1) is 0 Å². The monoisotopic (exact) mass is 272 g/mol. The van der Waals surface area contributed by atoms with Gasteiger partial charge in [-0.2, -0.15) is 0 Å². The molecule has 0 spiro atoms. The normalized spacial score (nSPS) is 11.9. The summed E-state index contributed by atoms with van der Waals surface area (Å²) in [7, 11) is 0. The number of nitrogens with one attached hydrogen (secondary N) is 2. The van der Waals surface area contributed by atoms with E-state index in [0.717, 1.165) is 44.9 Å². The average Bonchev–Trinajstić information content (AvgIpc) is 2.34. The molecule has 19 heavy (non-hydrogen) atoms. The number of amides is 2. The van der Waals surface area contributed by atoms with Crippen molar-refractivity contribution in [3.8, 4) is 0 Å². The summed E-state index contributed by atoms with van der Waals surface area (Å²) in [5.41, 5.74) is 0. The maximum Gasteiger partial charge on any atom is 0.314 e. The SMILES string of the molecule is CCCCC(C)NC(=O)NCCCCCCC(=O)O. The number of carbonyl (C=O) groups is 2. The van der Waals surface area contributed by atoms with Gasteiger partial charge in [0.2, 0.25) is 0 Å². The van der Waals surface area contributed by atoms with Crippen LogP contribution in [0.15, 0.2) is 0 Å². The molecule has 0 aliphatic heterocycles. The largest absolute Gasteiger partial charge is 0.481 e. The molecule has 0 aliphatic rings. The van der Waals surface area contributed by atoms with Crippen molar-refractivity contribution in [2.75, 3.05) is 6.54 Å². The quantitative estimate of drug-likeness (QED) is 0.506. The van der Waals surface area contributed by atoms with E-state index in [1.54, 1.807) is 0 Å². The molecule has 0 aromatic heterocycles. The fourth-order valence-corrected chi connectivity index (χ4v) is 1.81. The molecule has 0 aromatic carbocycles. The number of carboxylic acids is 1. The van der Waals surface area contributed by atoms with E-state index in [2.05, 4.69) is 17.6 Å². The van der Waals surface area contributed by atoms with Crippen molar-refractivity contribution in [2.24, 2.45) is 0 Å². The molecule has 3 N–H and O–H groups in total. The Bertz CT molecular complexity index is 257. The zero-order chi connectivity index (χ0) is 14.5. The van der Waals surface area contributed by atoms with Crippen molar-refractivity contribution in [1.29, 1.82) is 0 Å². The first-order valence-corrected chi connectivity index (χ1v) is 7.32. The topological polar surface area (TPSA) is 78.4 Å². The number of carbonyl (C=O) groups excluding carboxylic acids is 1. The van der Waals surface area contributed by atoms with E-state index in [4.69, 9.17) is 5.11 Å². The molecular weight excluding hydrogens is 244 g/mol. The van der Waals surface area contributed by atoms with Crippen LogP contribution in [0.1, 0.15) is 65.2 Å². The maximum absolute atomic E-state index is 11.5. The number of hydrogen-bond acceptors (Lipinski definition) is 2. The minimum absolute atomic E-state index is 0.103. The third kappa shape index (κ3) is 13.0. The van der Waals surface area contributed by atoms with Gasteiger partial charge in [0.05, 0.1) is 0 Å². The molecule has 0 bridgehead atoms. The van der Waals surface area contributed by atoms with Crippen molar-refractivity contribution in [3.05, 3.63) is 0 Å². The molecule has 0 rings (SSSR count). The maximum atomic E-state index is 11.5. The van der Waals surface area contributed by atoms with Gasteiger partial charge in [-0.15, -0.1) is 0 Å². The smallest absolute Gasteiger partial charge is 0.314 e.